The number of nitriles is 1. The van der Waals surface area contributed by atoms with E-state index in [-0.39, 0.29) is 12.2 Å². The molecule has 0 radical (unpaired) electrons. The summed E-state index contributed by atoms with van der Waals surface area (Å²) in [5.74, 6) is -0.180. The third-order valence-corrected chi connectivity index (χ3v) is 1.45. The Kier molecular flexibility index (Phi) is 3.50. The molecular weight excluding hydrogens is 182 g/mol. The van der Waals surface area contributed by atoms with Crippen molar-refractivity contribution in [1.82, 2.24) is 0 Å². The number of carbonyl (C=O) groups is 1. The zero-order valence-electron chi connectivity index (χ0n) is 7.69. The monoisotopic (exact) mass is 191 g/mol. The second-order valence-corrected chi connectivity index (χ2v) is 2.41. The lowest BCUT2D eigenvalue weighted by Gasteiger charge is -1.97. The molecule has 14 heavy (non-hydrogen) atoms. The van der Waals surface area contributed by atoms with Crippen LogP contribution in [0.5, 0.6) is 0 Å². The van der Waals surface area contributed by atoms with E-state index in [9.17, 15) is 4.79 Å². The number of carbonyl (C=O) groups excluding carboxylic acids is 1. The Morgan fingerprint density at radius 3 is 3.07 bits per heavy atom. The smallest absolute Gasteiger partial charge is 0.349 e. The van der Waals surface area contributed by atoms with E-state index in [1.807, 2.05) is 0 Å². The highest BCUT2D eigenvalue weighted by Gasteiger charge is 2.09. The van der Waals surface area contributed by atoms with Gasteiger partial charge in [-0.25, -0.2) is 4.79 Å². The molecule has 0 saturated heterocycles. The van der Waals surface area contributed by atoms with E-state index in [0.29, 0.717) is 5.76 Å². The van der Waals surface area contributed by atoms with Crippen molar-refractivity contribution in [1.29, 1.82) is 5.26 Å². The Labute approximate surface area is 81.4 Å². The second kappa shape index (κ2) is 4.87. The Bertz CT molecular complexity index is 371. The molecule has 1 aromatic heterocycles. The van der Waals surface area contributed by atoms with Crippen LogP contribution in [0.25, 0.3) is 6.08 Å². The number of hydrogen-bond acceptors (Lipinski definition) is 4. The Balaban J connectivity index is 2.83. The highest BCUT2D eigenvalue weighted by atomic mass is 16.5. The molecule has 1 aromatic rings. The van der Waals surface area contributed by atoms with Gasteiger partial charge in [0.2, 0.25) is 0 Å². The van der Waals surface area contributed by atoms with Crippen LogP contribution >= 0.6 is 0 Å². The third-order valence-electron chi connectivity index (χ3n) is 1.45. The normalized spacial score (nSPS) is 10.7. The van der Waals surface area contributed by atoms with Crippen molar-refractivity contribution in [2.45, 2.75) is 6.92 Å². The molecule has 0 aliphatic heterocycles. The average molecular weight is 191 g/mol. The number of nitrogens with zero attached hydrogens (tertiary/aromatic N) is 1. The minimum absolute atomic E-state index is 0.0678. The highest BCUT2D eigenvalue weighted by molar-refractivity contribution is 5.97. The van der Waals surface area contributed by atoms with E-state index in [1.54, 1.807) is 25.1 Å². The Morgan fingerprint density at radius 1 is 1.79 bits per heavy atom. The van der Waals surface area contributed by atoms with Crippen LogP contribution in [-0.4, -0.2) is 12.6 Å². The van der Waals surface area contributed by atoms with Crippen molar-refractivity contribution in [2.75, 3.05) is 6.61 Å². The van der Waals surface area contributed by atoms with E-state index >= 15 is 0 Å². The van der Waals surface area contributed by atoms with Gasteiger partial charge in [0.1, 0.15) is 17.4 Å². The first-order valence-corrected chi connectivity index (χ1v) is 4.10. The highest BCUT2D eigenvalue weighted by Crippen LogP contribution is 2.08. The van der Waals surface area contributed by atoms with E-state index in [1.165, 1.54) is 12.3 Å². The number of ether oxygens (including phenoxy) is 1. The molecule has 0 unspecified atom stereocenters. The zero-order chi connectivity index (χ0) is 10.4. The van der Waals surface area contributed by atoms with Crippen molar-refractivity contribution < 1.29 is 13.9 Å². The van der Waals surface area contributed by atoms with Gasteiger partial charge in [0.15, 0.2) is 0 Å². The van der Waals surface area contributed by atoms with Crippen molar-refractivity contribution >= 4 is 12.0 Å². The van der Waals surface area contributed by atoms with Gasteiger partial charge in [-0.05, 0) is 19.1 Å². The number of esters is 1. The van der Waals surface area contributed by atoms with E-state index < -0.39 is 5.97 Å². The summed E-state index contributed by atoms with van der Waals surface area (Å²) in [7, 11) is 0. The molecule has 0 saturated carbocycles. The summed E-state index contributed by atoms with van der Waals surface area (Å²) < 4.78 is 9.63. The third kappa shape index (κ3) is 2.49. The lowest BCUT2D eigenvalue weighted by atomic mass is 10.2. The average Bonchev–Trinajstić information content (AvgIpc) is 2.66. The molecule has 72 valence electrons. The molecule has 0 N–H and O–H groups in total. The van der Waals surface area contributed by atoms with Gasteiger partial charge < -0.3 is 9.15 Å². The number of rotatable bonds is 3. The quantitative estimate of drug-likeness (QED) is 0.414. The molecule has 0 aliphatic carbocycles. The van der Waals surface area contributed by atoms with Gasteiger partial charge in [-0.1, -0.05) is 0 Å². The van der Waals surface area contributed by atoms with Gasteiger partial charge in [-0.3, -0.25) is 0 Å². The van der Waals surface area contributed by atoms with Gasteiger partial charge in [-0.15, -0.1) is 0 Å². The Morgan fingerprint density at radius 2 is 2.57 bits per heavy atom. The lowest BCUT2D eigenvalue weighted by molar-refractivity contribution is -0.137. The molecule has 0 aliphatic rings. The maximum absolute atomic E-state index is 11.1. The second-order valence-electron chi connectivity index (χ2n) is 2.41. The topological polar surface area (TPSA) is 63.2 Å². The largest absolute Gasteiger partial charge is 0.465 e. The van der Waals surface area contributed by atoms with Crippen LogP contribution in [0.1, 0.15) is 12.7 Å². The van der Waals surface area contributed by atoms with Crippen LogP contribution in [0.4, 0.5) is 0 Å². The van der Waals surface area contributed by atoms with Crippen LogP contribution in [0.15, 0.2) is 28.4 Å². The van der Waals surface area contributed by atoms with Crippen LogP contribution < -0.4 is 0 Å². The van der Waals surface area contributed by atoms with Gasteiger partial charge in [-0.2, -0.15) is 5.26 Å². The summed E-state index contributed by atoms with van der Waals surface area (Å²) in [6.07, 6.45) is 2.81. The van der Waals surface area contributed by atoms with Gasteiger partial charge in [0.25, 0.3) is 0 Å². The zero-order valence-corrected chi connectivity index (χ0v) is 7.69. The molecule has 0 amide bonds. The molecule has 4 nitrogen and oxygen atoms in total. The van der Waals surface area contributed by atoms with Crippen molar-refractivity contribution in [2.24, 2.45) is 0 Å². The summed E-state index contributed by atoms with van der Waals surface area (Å²) in [5, 5.41) is 8.66. The maximum Gasteiger partial charge on any atom is 0.349 e. The molecule has 0 spiro atoms. The fraction of sp³-hybridized carbons (Fsp3) is 0.200. The first-order valence-electron chi connectivity index (χ1n) is 4.10. The maximum atomic E-state index is 11.1. The van der Waals surface area contributed by atoms with Gasteiger partial charge in [0, 0.05) is 6.08 Å². The molecular formula is C10H9NO3. The fourth-order valence-corrected chi connectivity index (χ4v) is 0.861. The van der Waals surface area contributed by atoms with Crippen LogP contribution in [0.3, 0.4) is 0 Å². The predicted molar refractivity (Wildman–Crippen MR) is 48.9 cm³/mol. The molecule has 0 fully saturated rings. The van der Waals surface area contributed by atoms with Crippen molar-refractivity contribution in [3.8, 4) is 6.07 Å². The minimum Gasteiger partial charge on any atom is -0.465 e. The summed E-state index contributed by atoms with van der Waals surface area (Å²) in [5.41, 5.74) is -0.0678. The summed E-state index contributed by atoms with van der Waals surface area (Å²) in [6, 6.07) is 5.07. The predicted octanol–water partition coefficient (Wildman–Crippen LogP) is 1.75. The van der Waals surface area contributed by atoms with E-state index in [2.05, 4.69) is 4.74 Å². The van der Waals surface area contributed by atoms with Crippen molar-refractivity contribution in [3.05, 3.63) is 29.7 Å². The molecule has 4 heteroatoms. The molecule has 0 bridgehead atoms. The summed E-state index contributed by atoms with van der Waals surface area (Å²) in [6.45, 7) is 1.93. The Hall–Kier alpha value is -2.02. The first kappa shape index (κ1) is 10.1. The molecule has 0 aromatic carbocycles. The summed E-state index contributed by atoms with van der Waals surface area (Å²) in [4.78, 5) is 11.1. The number of furan rings is 1. The van der Waals surface area contributed by atoms with Crippen LogP contribution in [0.2, 0.25) is 0 Å². The van der Waals surface area contributed by atoms with E-state index in [4.69, 9.17) is 9.68 Å². The summed E-state index contributed by atoms with van der Waals surface area (Å²) >= 11 is 0. The SMILES string of the molecule is CCOC(=O)/C(C#N)=C\c1ccco1. The molecule has 0 atom stereocenters. The van der Waals surface area contributed by atoms with E-state index in [0.717, 1.165) is 0 Å². The first-order chi connectivity index (χ1) is 6.77. The minimum atomic E-state index is -0.633. The molecule has 1 heterocycles. The van der Waals surface area contributed by atoms with Gasteiger partial charge in [0.05, 0.1) is 12.9 Å². The van der Waals surface area contributed by atoms with Crippen molar-refractivity contribution in [3.63, 3.8) is 0 Å². The lowest BCUT2D eigenvalue weighted by Crippen LogP contribution is -2.05. The fourth-order valence-electron chi connectivity index (χ4n) is 0.861. The van der Waals surface area contributed by atoms with Gasteiger partial charge >= 0.3 is 5.97 Å². The van der Waals surface area contributed by atoms with Crippen LogP contribution in [0, 0.1) is 11.3 Å². The standard InChI is InChI=1S/C10H9NO3/c1-2-13-10(12)8(7-11)6-9-4-3-5-14-9/h3-6H,2H2,1H3/b8-6-. The van der Waals surface area contributed by atoms with Crippen LogP contribution in [-0.2, 0) is 9.53 Å². The number of hydrogen-bond donors (Lipinski definition) is 0. The molecule has 1 rings (SSSR count).